The first-order chi connectivity index (χ1) is 22.5. The van der Waals surface area contributed by atoms with E-state index in [4.69, 9.17) is 28.4 Å². The van der Waals surface area contributed by atoms with Crippen molar-refractivity contribution in [3.63, 3.8) is 0 Å². The van der Waals surface area contributed by atoms with E-state index in [-0.39, 0.29) is 11.9 Å². The van der Waals surface area contributed by atoms with Crippen LogP contribution in [0.25, 0.3) is 22.3 Å². The van der Waals surface area contributed by atoms with Gasteiger partial charge in [-0.25, -0.2) is 9.59 Å². The van der Waals surface area contributed by atoms with Crippen molar-refractivity contribution in [2.45, 2.75) is 13.8 Å². The molecular weight excluding hydrogens is 584 g/mol. The summed E-state index contributed by atoms with van der Waals surface area (Å²) in [6, 6.07) is 30.2. The number of hydrogen-bond donors (Lipinski definition) is 0. The maximum absolute atomic E-state index is 11.6. The second-order valence-electron chi connectivity index (χ2n) is 9.42. The normalized spacial score (nSPS) is 9.96. The monoisotopic (exact) mass is 624 g/mol. The van der Waals surface area contributed by atoms with Crippen molar-refractivity contribution in [2.24, 2.45) is 0 Å². The van der Waals surface area contributed by atoms with Crippen LogP contribution in [0.5, 0.6) is 11.5 Å². The lowest BCUT2D eigenvalue weighted by atomic mass is 10.0. The largest absolute Gasteiger partial charge is 0.498 e. The Balaban J connectivity index is 0.000000250. The molecule has 0 aliphatic heterocycles. The Morgan fingerprint density at radius 2 is 0.804 bits per heavy atom. The summed E-state index contributed by atoms with van der Waals surface area (Å²) >= 11 is 0. The van der Waals surface area contributed by atoms with Gasteiger partial charge < -0.3 is 28.4 Å². The predicted molar refractivity (Wildman–Crippen MR) is 179 cm³/mol. The van der Waals surface area contributed by atoms with Crippen LogP contribution in [0.1, 0.15) is 34.6 Å². The molecule has 0 aliphatic rings. The maximum Gasteiger partial charge on any atom is 0.338 e. The molecule has 0 N–H and O–H groups in total. The molecule has 240 valence electrons. The first-order valence-electron chi connectivity index (χ1n) is 14.9. The van der Waals surface area contributed by atoms with Gasteiger partial charge in [0.25, 0.3) is 0 Å². The Morgan fingerprint density at radius 1 is 0.500 bits per heavy atom. The molecule has 0 spiro atoms. The Hall–Kier alpha value is -5.50. The van der Waals surface area contributed by atoms with Crippen LogP contribution in [0.15, 0.2) is 123 Å². The fraction of sp³-hybridized carbons (Fsp3) is 0.211. The molecule has 8 heteroatoms. The summed E-state index contributed by atoms with van der Waals surface area (Å²) in [5.41, 5.74) is 5.26. The van der Waals surface area contributed by atoms with Crippen LogP contribution in [0.3, 0.4) is 0 Å². The minimum Gasteiger partial charge on any atom is -0.498 e. The van der Waals surface area contributed by atoms with E-state index in [1.165, 1.54) is 12.5 Å². The fourth-order valence-electron chi connectivity index (χ4n) is 4.10. The van der Waals surface area contributed by atoms with E-state index < -0.39 is 0 Å². The summed E-state index contributed by atoms with van der Waals surface area (Å²) in [6.07, 6.45) is 2.79. The van der Waals surface area contributed by atoms with Gasteiger partial charge in [-0.05, 0) is 84.6 Å². The van der Waals surface area contributed by atoms with Crippen LogP contribution in [0, 0.1) is 0 Å². The molecule has 4 aromatic rings. The van der Waals surface area contributed by atoms with Gasteiger partial charge in [-0.1, -0.05) is 61.7 Å². The third-order valence-electron chi connectivity index (χ3n) is 6.34. The van der Waals surface area contributed by atoms with E-state index in [0.717, 1.165) is 33.8 Å². The molecule has 4 aromatic carbocycles. The highest BCUT2D eigenvalue weighted by molar-refractivity contribution is 5.90. The summed E-state index contributed by atoms with van der Waals surface area (Å²) in [6.45, 7) is 13.2. The van der Waals surface area contributed by atoms with Crippen LogP contribution in [0.2, 0.25) is 0 Å². The molecule has 0 fully saturated rings. The van der Waals surface area contributed by atoms with Gasteiger partial charge in [0.2, 0.25) is 0 Å². The van der Waals surface area contributed by atoms with Crippen molar-refractivity contribution in [2.75, 3.05) is 39.6 Å². The van der Waals surface area contributed by atoms with Crippen molar-refractivity contribution in [3.05, 3.63) is 134 Å². The molecule has 46 heavy (non-hydrogen) atoms. The van der Waals surface area contributed by atoms with Gasteiger partial charge in [-0.3, -0.25) is 0 Å². The Morgan fingerprint density at radius 3 is 1.09 bits per heavy atom. The summed E-state index contributed by atoms with van der Waals surface area (Å²) in [5, 5.41) is 0. The quantitative estimate of drug-likeness (QED) is 0.0701. The highest BCUT2D eigenvalue weighted by Gasteiger charge is 2.08. The van der Waals surface area contributed by atoms with Gasteiger partial charge in [0.1, 0.15) is 37.9 Å². The third-order valence-corrected chi connectivity index (χ3v) is 6.34. The number of carbonyl (C=O) groups excluding carboxylic acids is 2. The zero-order chi connectivity index (χ0) is 33.0. The number of rotatable bonds is 16. The highest BCUT2D eigenvalue weighted by Crippen LogP contribution is 2.24. The first-order valence-corrected chi connectivity index (χ1v) is 14.9. The Labute approximate surface area is 270 Å². The van der Waals surface area contributed by atoms with Crippen molar-refractivity contribution in [3.8, 4) is 33.8 Å². The number of benzene rings is 4. The van der Waals surface area contributed by atoms with Crippen LogP contribution in [-0.2, 0) is 18.9 Å². The van der Waals surface area contributed by atoms with Crippen molar-refractivity contribution < 1.29 is 38.0 Å². The molecule has 0 atom stereocenters. The molecule has 0 saturated carbocycles. The minimum absolute atomic E-state index is 0.301. The van der Waals surface area contributed by atoms with E-state index in [9.17, 15) is 9.59 Å². The fourth-order valence-corrected chi connectivity index (χ4v) is 4.10. The molecule has 0 bridgehead atoms. The van der Waals surface area contributed by atoms with Gasteiger partial charge >= 0.3 is 11.9 Å². The van der Waals surface area contributed by atoms with Gasteiger partial charge in [0.05, 0.1) is 36.9 Å². The SMILES string of the molecule is C=COCCOc1ccc(-c2ccc(C(=O)OCC)cc2)cc1.C=COCCOc1ccc(-c2ccc(C(=O)OCC)cc2)cc1. The van der Waals surface area contributed by atoms with Gasteiger partial charge in [-0.15, -0.1) is 0 Å². The Kier molecular flexibility index (Phi) is 15.0. The van der Waals surface area contributed by atoms with Crippen molar-refractivity contribution in [1.29, 1.82) is 0 Å². The van der Waals surface area contributed by atoms with Crippen molar-refractivity contribution >= 4 is 11.9 Å². The standard InChI is InChI=1S/2C19H20O4/c2*1-3-21-13-14-23-18-11-9-16(10-12-18)15-5-7-17(8-6-15)19(20)22-4-2/h2*3,5-12H,1,4,13-14H2,2H3. The van der Waals surface area contributed by atoms with Gasteiger partial charge in [0, 0.05) is 0 Å². The highest BCUT2D eigenvalue weighted by atomic mass is 16.5. The van der Waals surface area contributed by atoms with Gasteiger partial charge in [-0.2, -0.15) is 0 Å². The molecule has 0 aliphatic carbocycles. The average Bonchev–Trinajstić information content (AvgIpc) is 3.10. The summed E-state index contributed by atoms with van der Waals surface area (Å²) in [7, 11) is 0. The third kappa shape index (κ3) is 11.5. The molecule has 0 radical (unpaired) electrons. The smallest absolute Gasteiger partial charge is 0.338 e. The maximum atomic E-state index is 11.6. The van der Waals surface area contributed by atoms with E-state index in [1.54, 1.807) is 38.1 Å². The topological polar surface area (TPSA) is 89.5 Å². The molecule has 8 nitrogen and oxygen atoms in total. The van der Waals surface area contributed by atoms with Crippen LogP contribution < -0.4 is 9.47 Å². The van der Waals surface area contributed by atoms with Crippen LogP contribution >= 0.6 is 0 Å². The van der Waals surface area contributed by atoms with Crippen molar-refractivity contribution in [1.82, 2.24) is 0 Å². The van der Waals surface area contributed by atoms with Crippen LogP contribution in [0.4, 0.5) is 0 Å². The number of esters is 2. The number of hydrogen-bond acceptors (Lipinski definition) is 8. The zero-order valence-corrected chi connectivity index (χ0v) is 26.3. The number of carbonyl (C=O) groups is 2. The molecule has 0 unspecified atom stereocenters. The first kappa shape index (κ1) is 35.0. The molecule has 0 saturated heterocycles. The number of ether oxygens (including phenoxy) is 6. The Bertz CT molecular complexity index is 1380. The second kappa shape index (κ2) is 19.7. The second-order valence-corrected chi connectivity index (χ2v) is 9.42. The van der Waals surface area contributed by atoms with E-state index in [1.807, 2.05) is 72.8 Å². The van der Waals surface area contributed by atoms with E-state index >= 15 is 0 Å². The van der Waals surface area contributed by atoms with Crippen LogP contribution in [-0.4, -0.2) is 51.6 Å². The minimum atomic E-state index is -0.301. The van der Waals surface area contributed by atoms with E-state index in [2.05, 4.69) is 13.2 Å². The molecule has 0 aromatic heterocycles. The summed E-state index contributed by atoms with van der Waals surface area (Å²) in [5.74, 6) is 0.961. The molecule has 0 heterocycles. The zero-order valence-electron chi connectivity index (χ0n) is 26.3. The summed E-state index contributed by atoms with van der Waals surface area (Å²) < 4.78 is 31.0. The lowest BCUT2D eigenvalue weighted by molar-refractivity contribution is 0.0517. The average molecular weight is 625 g/mol. The lowest BCUT2D eigenvalue weighted by Crippen LogP contribution is -2.04. The molecule has 4 rings (SSSR count). The van der Waals surface area contributed by atoms with Gasteiger partial charge in [0.15, 0.2) is 0 Å². The molecular formula is C38H40O8. The molecule has 0 amide bonds. The predicted octanol–water partition coefficient (Wildman–Crippen LogP) is 8.14. The summed E-state index contributed by atoms with van der Waals surface area (Å²) in [4.78, 5) is 23.3. The lowest BCUT2D eigenvalue weighted by Gasteiger charge is -2.08. The van der Waals surface area contributed by atoms with E-state index in [0.29, 0.717) is 50.8 Å².